The molecular formula is C23H23N3O4S. The van der Waals surface area contributed by atoms with Crippen molar-refractivity contribution in [1.82, 2.24) is 14.6 Å². The number of hydrogen-bond acceptors (Lipinski definition) is 7. The van der Waals surface area contributed by atoms with Crippen molar-refractivity contribution in [2.24, 2.45) is 5.92 Å². The van der Waals surface area contributed by atoms with Gasteiger partial charge in [-0.2, -0.15) is 9.50 Å². The summed E-state index contributed by atoms with van der Waals surface area (Å²) in [6, 6.07) is 13.1. The number of methoxy groups -OCH3 is 2. The van der Waals surface area contributed by atoms with Gasteiger partial charge in [0, 0.05) is 5.56 Å². The van der Waals surface area contributed by atoms with E-state index in [9.17, 15) is 4.79 Å². The maximum atomic E-state index is 12.8. The number of ether oxygens (including phenoxy) is 3. The molecular weight excluding hydrogens is 414 g/mol. The second kappa shape index (κ2) is 8.77. The minimum atomic E-state index is -0.203. The second-order valence-electron chi connectivity index (χ2n) is 7.39. The quantitative estimate of drug-likeness (QED) is 0.441. The van der Waals surface area contributed by atoms with Crippen LogP contribution in [-0.2, 0) is 0 Å². The van der Waals surface area contributed by atoms with Crippen molar-refractivity contribution in [2.45, 2.75) is 13.8 Å². The first kappa shape index (κ1) is 20.9. The molecule has 0 aliphatic heterocycles. The monoisotopic (exact) mass is 437 g/mol. The fraction of sp³-hybridized carbons (Fsp3) is 0.261. The molecule has 8 heteroatoms. The van der Waals surface area contributed by atoms with E-state index in [2.05, 4.69) is 23.9 Å². The fourth-order valence-electron chi connectivity index (χ4n) is 3.01. The first-order valence-electron chi connectivity index (χ1n) is 9.85. The van der Waals surface area contributed by atoms with Gasteiger partial charge in [0.05, 0.1) is 25.4 Å². The summed E-state index contributed by atoms with van der Waals surface area (Å²) in [6.07, 6.45) is 1.80. The third kappa shape index (κ3) is 4.39. The Morgan fingerprint density at radius 2 is 1.81 bits per heavy atom. The minimum Gasteiger partial charge on any atom is -0.493 e. The van der Waals surface area contributed by atoms with Gasteiger partial charge in [-0.15, -0.1) is 5.10 Å². The molecule has 160 valence electrons. The van der Waals surface area contributed by atoms with Crippen molar-refractivity contribution in [3.8, 4) is 28.6 Å². The molecule has 2 aromatic carbocycles. The van der Waals surface area contributed by atoms with E-state index < -0.39 is 0 Å². The molecule has 0 saturated heterocycles. The first-order valence-corrected chi connectivity index (χ1v) is 10.7. The van der Waals surface area contributed by atoms with Crippen LogP contribution in [0.5, 0.6) is 17.2 Å². The predicted octanol–water partition coefficient (Wildman–Crippen LogP) is 3.42. The summed E-state index contributed by atoms with van der Waals surface area (Å²) in [7, 11) is 3.16. The van der Waals surface area contributed by atoms with Gasteiger partial charge in [-0.3, -0.25) is 4.79 Å². The molecule has 0 fully saturated rings. The molecule has 7 nitrogen and oxygen atoms in total. The highest BCUT2D eigenvalue weighted by Gasteiger charge is 2.12. The van der Waals surface area contributed by atoms with Crippen LogP contribution in [-0.4, -0.2) is 35.4 Å². The Morgan fingerprint density at radius 1 is 1.06 bits per heavy atom. The Bertz CT molecular complexity index is 1310. The van der Waals surface area contributed by atoms with Crippen LogP contribution in [0.3, 0.4) is 0 Å². The fourth-order valence-corrected chi connectivity index (χ4v) is 3.92. The van der Waals surface area contributed by atoms with Crippen LogP contribution in [0.25, 0.3) is 22.4 Å². The minimum absolute atomic E-state index is 0.203. The lowest BCUT2D eigenvalue weighted by Crippen LogP contribution is -2.23. The van der Waals surface area contributed by atoms with Crippen molar-refractivity contribution in [1.29, 1.82) is 0 Å². The summed E-state index contributed by atoms with van der Waals surface area (Å²) in [4.78, 5) is 17.9. The van der Waals surface area contributed by atoms with Gasteiger partial charge in [-0.05, 0) is 54.0 Å². The number of nitrogens with zero attached hydrogens (tertiary/aromatic N) is 3. The van der Waals surface area contributed by atoms with E-state index in [1.807, 2.05) is 36.4 Å². The van der Waals surface area contributed by atoms with E-state index in [-0.39, 0.29) is 5.56 Å². The van der Waals surface area contributed by atoms with Crippen molar-refractivity contribution >= 4 is 22.4 Å². The average Bonchev–Trinajstić information content (AvgIpc) is 3.32. The number of hydrogen-bond donors (Lipinski definition) is 0. The second-order valence-corrected chi connectivity index (χ2v) is 8.40. The molecule has 0 atom stereocenters. The molecule has 0 amide bonds. The lowest BCUT2D eigenvalue weighted by molar-refractivity contribution is 0.271. The van der Waals surface area contributed by atoms with Crippen LogP contribution >= 0.6 is 11.3 Å². The van der Waals surface area contributed by atoms with Gasteiger partial charge in [0.15, 0.2) is 17.3 Å². The summed E-state index contributed by atoms with van der Waals surface area (Å²) < 4.78 is 18.2. The molecule has 0 N–H and O–H groups in total. The van der Waals surface area contributed by atoms with Crippen LogP contribution in [0.1, 0.15) is 19.4 Å². The van der Waals surface area contributed by atoms with Crippen molar-refractivity contribution in [2.75, 3.05) is 20.8 Å². The molecule has 0 bridgehead atoms. The van der Waals surface area contributed by atoms with Crippen molar-refractivity contribution in [3.63, 3.8) is 0 Å². The molecule has 0 radical (unpaired) electrons. The van der Waals surface area contributed by atoms with Crippen LogP contribution in [0.4, 0.5) is 0 Å². The van der Waals surface area contributed by atoms with Crippen LogP contribution in [0.2, 0.25) is 0 Å². The van der Waals surface area contributed by atoms with Gasteiger partial charge < -0.3 is 14.2 Å². The van der Waals surface area contributed by atoms with Gasteiger partial charge >= 0.3 is 0 Å². The lowest BCUT2D eigenvalue weighted by Gasteiger charge is -2.08. The molecule has 2 aromatic heterocycles. The zero-order valence-corrected chi connectivity index (χ0v) is 18.6. The lowest BCUT2D eigenvalue weighted by atomic mass is 10.2. The van der Waals surface area contributed by atoms with E-state index in [1.54, 1.807) is 26.4 Å². The molecule has 0 unspecified atom stereocenters. The molecule has 0 aliphatic rings. The van der Waals surface area contributed by atoms with Gasteiger partial charge in [0.1, 0.15) is 5.75 Å². The maximum Gasteiger partial charge on any atom is 0.291 e. The molecule has 0 aliphatic carbocycles. The molecule has 0 spiro atoms. The van der Waals surface area contributed by atoms with Crippen LogP contribution in [0, 0.1) is 5.92 Å². The zero-order chi connectivity index (χ0) is 22.0. The summed E-state index contributed by atoms with van der Waals surface area (Å²) >= 11 is 1.30. The molecule has 0 saturated carbocycles. The number of fused-ring (bicyclic) bond motifs is 1. The van der Waals surface area contributed by atoms with Gasteiger partial charge in [-0.25, -0.2) is 0 Å². The Balaban J connectivity index is 1.63. The third-order valence-electron chi connectivity index (χ3n) is 4.58. The highest BCUT2D eigenvalue weighted by atomic mass is 32.1. The normalized spacial score (nSPS) is 12.0. The average molecular weight is 438 g/mol. The summed E-state index contributed by atoms with van der Waals surface area (Å²) in [5.41, 5.74) is 1.46. The van der Waals surface area contributed by atoms with Crippen LogP contribution in [0.15, 0.2) is 47.3 Å². The van der Waals surface area contributed by atoms with Crippen LogP contribution < -0.4 is 24.3 Å². The van der Waals surface area contributed by atoms with Crippen molar-refractivity contribution < 1.29 is 14.2 Å². The Hall–Kier alpha value is -3.39. The zero-order valence-electron chi connectivity index (χ0n) is 17.8. The Kier molecular flexibility index (Phi) is 5.90. The molecule has 4 rings (SSSR count). The smallest absolute Gasteiger partial charge is 0.291 e. The Morgan fingerprint density at radius 3 is 2.45 bits per heavy atom. The van der Waals surface area contributed by atoms with E-state index in [0.29, 0.717) is 39.3 Å². The van der Waals surface area contributed by atoms with Crippen molar-refractivity contribution in [3.05, 3.63) is 62.9 Å². The topological polar surface area (TPSA) is 75.0 Å². The number of thiazole rings is 1. The van der Waals surface area contributed by atoms with E-state index in [1.165, 1.54) is 15.9 Å². The number of rotatable bonds is 7. The molecule has 2 heterocycles. The number of aromatic nitrogens is 3. The number of benzene rings is 2. The third-order valence-corrected chi connectivity index (χ3v) is 5.54. The highest BCUT2D eigenvalue weighted by Crippen LogP contribution is 2.27. The summed E-state index contributed by atoms with van der Waals surface area (Å²) in [5, 5.41) is 4.41. The van der Waals surface area contributed by atoms with E-state index in [0.717, 1.165) is 16.9 Å². The largest absolute Gasteiger partial charge is 0.493 e. The molecule has 4 aromatic rings. The van der Waals surface area contributed by atoms with E-state index >= 15 is 0 Å². The SMILES string of the molecule is COc1ccc(/C=c2/sc3nc(-c4ccc(OCC(C)C)cc4)nn3c2=O)cc1OC. The predicted molar refractivity (Wildman–Crippen MR) is 121 cm³/mol. The van der Waals surface area contributed by atoms with Gasteiger partial charge in [0.25, 0.3) is 5.56 Å². The maximum absolute atomic E-state index is 12.8. The standard InChI is InChI=1S/C23H23N3O4S/c1-14(2)13-30-17-8-6-16(7-9-17)21-24-23-26(25-21)22(27)20(31-23)12-15-5-10-18(28-3)19(11-15)29-4/h5-12,14H,13H2,1-4H3/b20-12+. The summed E-state index contributed by atoms with van der Waals surface area (Å²) in [6.45, 7) is 4.87. The first-order chi connectivity index (χ1) is 15.0. The highest BCUT2D eigenvalue weighted by molar-refractivity contribution is 7.15. The van der Waals surface area contributed by atoms with E-state index in [4.69, 9.17) is 14.2 Å². The van der Waals surface area contributed by atoms with Gasteiger partial charge in [0.2, 0.25) is 4.96 Å². The molecule has 31 heavy (non-hydrogen) atoms. The van der Waals surface area contributed by atoms with Gasteiger partial charge in [-0.1, -0.05) is 31.3 Å². The Labute approximate surface area is 183 Å². The summed E-state index contributed by atoms with van der Waals surface area (Å²) in [5.74, 6) is 3.01.